The lowest BCUT2D eigenvalue weighted by molar-refractivity contribution is 0.0321. The Morgan fingerprint density at radius 2 is 1.71 bits per heavy atom. The van der Waals surface area contributed by atoms with Gasteiger partial charge in [-0.15, -0.1) is 0 Å². The van der Waals surface area contributed by atoms with Crippen molar-refractivity contribution in [1.29, 1.82) is 0 Å². The first-order valence-corrected chi connectivity index (χ1v) is 9.98. The number of rotatable bonds is 9. The van der Waals surface area contributed by atoms with Crippen molar-refractivity contribution in [3.05, 3.63) is 0 Å². The fourth-order valence-electron chi connectivity index (χ4n) is 6.05. The molecule has 0 saturated heterocycles. The fourth-order valence-corrected chi connectivity index (χ4v) is 6.05. The zero-order chi connectivity index (χ0) is 15.3. The fraction of sp³-hybridized carbons (Fsp3) is 1.00. The molecule has 21 heavy (non-hydrogen) atoms. The van der Waals surface area contributed by atoms with Gasteiger partial charge in [0.25, 0.3) is 0 Å². The second-order valence-corrected chi connectivity index (χ2v) is 7.69. The minimum atomic E-state index is 0.557. The molecule has 124 valence electrons. The van der Waals surface area contributed by atoms with E-state index in [1.165, 1.54) is 77.3 Å². The molecule has 0 bridgehead atoms. The highest BCUT2D eigenvalue weighted by Crippen LogP contribution is 2.57. The third-order valence-electron chi connectivity index (χ3n) is 6.74. The van der Waals surface area contributed by atoms with Gasteiger partial charge in [-0.05, 0) is 56.5 Å². The summed E-state index contributed by atoms with van der Waals surface area (Å²) in [6.07, 6.45) is 14.7. The smallest absolute Gasteiger partial charge is 0.0242 e. The van der Waals surface area contributed by atoms with Gasteiger partial charge in [0.1, 0.15) is 0 Å². The minimum Gasteiger partial charge on any atom is -0.298 e. The number of hydrogen-bond donors (Lipinski definition) is 0. The number of nitrogens with zero attached hydrogens (tertiary/aromatic N) is 1. The summed E-state index contributed by atoms with van der Waals surface area (Å²) in [6, 6.07) is 0. The minimum absolute atomic E-state index is 0.557. The van der Waals surface area contributed by atoms with E-state index < -0.39 is 0 Å². The largest absolute Gasteiger partial charge is 0.298 e. The van der Waals surface area contributed by atoms with Crippen molar-refractivity contribution in [2.45, 2.75) is 97.4 Å². The van der Waals surface area contributed by atoms with Crippen LogP contribution in [0.3, 0.4) is 0 Å². The van der Waals surface area contributed by atoms with Crippen LogP contribution in [0.1, 0.15) is 91.9 Å². The van der Waals surface area contributed by atoms with Crippen LogP contribution in [0.5, 0.6) is 0 Å². The molecule has 0 aromatic heterocycles. The van der Waals surface area contributed by atoms with E-state index in [9.17, 15) is 0 Å². The predicted octanol–water partition coefficient (Wildman–Crippen LogP) is 5.88. The molecule has 0 N–H and O–H groups in total. The first kappa shape index (κ1) is 17.3. The maximum atomic E-state index is 2.87. The van der Waals surface area contributed by atoms with Crippen LogP contribution in [0.25, 0.3) is 0 Å². The number of hydrogen-bond acceptors (Lipinski definition) is 1. The molecular weight excluding hydrogens is 254 g/mol. The van der Waals surface area contributed by atoms with Gasteiger partial charge in [-0.25, -0.2) is 0 Å². The molecule has 2 aliphatic rings. The van der Waals surface area contributed by atoms with Gasteiger partial charge in [0.05, 0.1) is 0 Å². The van der Waals surface area contributed by atoms with Gasteiger partial charge in [0.2, 0.25) is 0 Å². The molecule has 0 unspecified atom stereocenters. The van der Waals surface area contributed by atoms with Crippen LogP contribution in [0.4, 0.5) is 0 Å². The average Bonchev–Trinajstić information content (AvgIpc) is 3.02. The topological polar surface area (TPSA) is 3.24 Å². The van der Waals surface area contributed by atoms with Crippen LogP contribution in [0.15, 0.2) is 0 Å². The Balaban J connectivity index is 2.21. The van der Waals surface area contributed by atoms with Crippen molar-refractivity contribution in [2.75, 3.05) is 13.1 Å². The van der Waals surface area contributed by atoms with Gasteiger partial charge in [0, 0.05) is 5.54 Å². The van der Waals surface area contributed by atoms with Crippen molar-refractivity contribution in [3.8, 4) is 0 Å². The monoisotopic (exact) mass is 293 g/mol. The van der Waals surface area contributed by atoms with Crippen LogP contribution in [-0.4, -0.2) is 23.5 Å². The lowest BCUT2D eigenvalue weighted by Crippen LogP contribution is -2.52. The molecule has 0 aromatic carbocycles. The van der Waals surface area contributed by atoms with Gasteiger partial charge in [-0.1, -0.05) is 66.2 Å². The zero-order valence-corrected chi connectivity index (χ0v) is 15.2. The van der Waals surface area contributed by atoms with Gasteiger partial charge in [-0.3, -0.25) is 4.90 Å². The van der Waals surface area contributed by atoms with E-state index in [1.807, 2.05) is 0 Å². The van der Waals surface area contributed by atoms with E-state index in [0.29, 0.717) is 5.54 Å². The quantitative estimate of drug-likeness (QED) is 0.479. The summed E-state index contributed by atoms with van der Waals surface area (Å²) >= 11 is 0. The number of unbranched alkanes of at least 4 members (excludes halogenated alkanes) is 2. The molecule has 2 aliphatic carbocycles. The van der Waals surface area contributed by atoms with E-state index in [2.05, 4.69) is 32.6 Å². The maximum absolute atomic E-state index is 2.87. The summed E-state index contributed by atoms with van der Waals surface area (Å²) in [5.74, 6) is 3.12. The van der Waals surface area contributed by atoms with Crippen LogP contribution in [0, 0.1) is 17.8 Å². The standard InChI is InChI=1S/C20H39N/c1-5-9-10-14-19-18-13-11-12-17(18)16-20(19,15-6-2)21(7-3)8-4/h17-19H,5-16H2,1-4H3/t17-,18-,19+,20+/m1/s1. The molecule has 1 heteroatoms. The number of fused-ring (bicyclic) bond motifs is 1. The molecule has 0 heterocycles. The van der Waals surface area contributed by atoms with Gasteiger partial charge >= 0.3 is 0 Å². The van der Waals surface area contributed by atoms with Crippen LogP contribution >= 0.6 is 0 Å². The van der Waals surface area contributed by atoms with E-state index in [1.54, 1.807) is 0 Å². The Bertz CT molecular complexity index is 296. The van der Waals surface area contributed by atoms with Crippen LogP contribution < -0.4 is 0 Å². The van der Waals surface area contributed by atoms with Gasteiger partial charge in [0.15, 0.2) is 0 Å². The Kier molecular flexibility index (Phi) is 6.59. The molecule has 0 aliphatic heterocycles. The van der Waals surface area contributed by atoms with Crippen LogP contribution in [0.2, 0.25) is 0 Å². The Hall–Kier alpha value is -0.0400. The summed E-state index contributed by atoms with van der Waals surface area (Å²) in [5.41, 5.74) is 0.557. The first-order chi connectivity index (χ1) is 10.2. The summed E-state index contributed by atoms with van der Waals surface area (Å²) in [6.45, 7) is 12.0. The molecular formula is C20H39N. The van der Waals surface area contributed by atoms with Gasteiger partial charge in [-0.2, -0.15) is 0 Å². The molecule has 2 saturated carbocycles. The van der Waals surface area contributed by atoms with Gasteiger partial charge < -0.3 is 0 Å². The molecule has 1 nitrogen and oxygen atoms in total. The second kappa shape index (κ2) is 7.99. The lowest BCUT2D eigenvalue weighted by Gasteiger charge is -2.47. The maximum Gasteiger partial charge on any atom is 0.0242 e. The third-order valence-corrected chi connectivity index (χ3v) is 6.74. The van der Waals surface area contributed by atoms with Crippen molar-refractivity contribution >= 4 is 0 Å². The predicted molar refractivity (Wildman–Crippen MR) is 93.6 cm³/mol. The molecule has 4 atom stereocenters. The van der Waals surface area contributed by atoms with Crippen LogP contribution in [-0.2, 0) is 0 Å². The molecule has 0 aromatic rings. The molecule has 2 rings (SSSR count). The highest BCUT2D eigenvalue weighted by atomic mass is 15.2. The highest BCUT2D eigenvalue weighted by molar-refractivity contribution is 5.08. The summed E-state index contributed by atoms with van der Waals surface area (Å²) in [5, 5.41) is 0. The first-order valence-electron chi connectivity index (χ1n) is 9.98. The van der Waals surface area contributed by atoms with E-state index in [0.717, 1.165) is 17.8 Å². The average molecular weight is 294 g/mol. The van der Waals surface area contributed by atoms with Crippen molar-refractivity contribution in [1.82, 2.24) is 4.90 Å². The Labute approximate surface area is 133 Å². The lowest BCUT2D eigenvalue weighted by atomic mass is 9.74. The normalized spacial score (nSPS) is 35.6. The van der Waals surface area contributed by atoms with Crippen molar-refractivity contribution in [2.24, 2.45) is 17.8 Å². The van der Waals surface area contributed by atoms with Crippen molar-refractivity contribution in [3.63, 3.8) is 0 Å². The zero-order valence-electron chi connectivity index (χ0n) is 15.2. The summed E-state index contributed by atoms with van der Waals surface area (Å²) < 4.78 is 0. The second-order valence-electron chi connectivity index (χ2n) is 7.69. The molecule has 0 radical (unpaired) electrons. The van der Waals surface area contributed by atoms with E-state index in [-0.39, 0.29) is 0 Å². The van der Waals surface area contributed by atoms with E-state index in [4.69, 9.17) is 0 Å². The molecule has 0 amide bonds. The molecule has 0 spiro atoms. The molecule has 2 fully saturated rings. The summed E-state index contributed by atoms with van der Waals surface area (Å²) in [4.78, 5) is 2.87. The summed E-state index contributed by atoms with van der Waals surface area (Å²) in [7, 11) is 0. The third kappa shape index (κ3) is 3.33. The van der Waals surface area contributed by atoms with Crippen molar-refractivity contribution < 1.29 is 0 Å². The Morgan fingerprint density at radius 1 is 0.952 bits per heavy atom. The van der Waals surface area contributed by atoms with E-state index >= 15 is 0 Å². The SMILES string of the molecule is CCCCC[C@H]1[C@@H]2CCC[C@@H]2C[C@]1(CCC)N(CC)CC. The Morgan fingerprint density at radius 3 is 2.33 bits per heavy atom. The highest BCUT2D eigenvalue weighted by Gasteiger charge is 2.55.